The van der Waals surface area contributed by atoms with Gasteiger partial charge in [-0.3, -0.25) is 4.79 Å². The van der Waals surface area contributed by atoms with Gasteiger partial charge in [0.1, 0.15) is 0 Å². The molecule has 0 aliphatic carbocycles. The summed E-state index contributed by atoms with van der Waals surface area (Å²) in [5.41, 5.74) is 0.618. The molecule has 1 N–H and O–H groups in total. The largest absolute Gasteiger partial charge is 0.325 e. The van der Waals surface area contributed by atoms with Crippen LogP contribution in [0.2, 0.25) is 10.0 Å². The predicted molar refractivity (Wildman–Crippen MR) is 87.5 cm³/mol. The number of rotatable bonds is 5. The van der Waals surface area contributed by atoms with Gasteiger partial charge >= 0.3 is 0 Å². The molecular formula is C11H9Cl2N3OS3. The van der Waals surface area contributed by atoms with Crippen LogP contribution in [0.4, 0.5) is 5.69 Å². The number of halogens is 2. The van der Waals surface area contributed by atoms with Crippen LogP contribution in [-0.4, -0.2) is 27.3 Å². The van der Waals surface area contributed by atoms with Crippen molar-refractivity contribution in [1.82, 2.24) is 9.36 Å². The molecule has 1 aromatic heterocycles. The molecule has 1 heterocycles. The topological polar surface area (TPSA) is 54.9 Å². The molecule has 0 radical (unpaired) electrons. The average Bonchev–Trinajstić information content (AvgIpc) is 2.89. The van der Waals surface area contributed by atoms with Crippen LogP contribution >= 0.6 is 58.3 Å². The van der Waals surface area contributed by atoms with Crippen LogP contribution in [0.25, 0.3) is 0 Å². The molecule has 0 saturated heterocycles. The minimum atomic E-state index is -0.130. The third-order valence-electron chi connectivity index (χ3n) is 2.10. The lowest BCUT2D eigenvalue weighted by Gasteiger charge is -2.05. The second kappa shape index (κ2) is 7.51. The second-order valence-corrected chi connectivity index (χ2v) is 7.07. The summed E-state index contributed by atoms with van der Waals surface area (Å²) in [5, 5.41) is 4.34. The molecule has 106 valence electrons. The number of nitrogens with zero attached hydrogens (tertiary/aromatic N) is 2. The number of thioether (sulfide) groups is 2. The first kappa shape index (κ1) is 15.9. The van der Waals surface area contributed by atoms with E-state index in [2.05, 4.69) is 14.7 Å². The van der Waals surface area contributed by atoms with Gasteiger partial charge in [0.25, 0.3) is 0 Å². The highest BCUT2D eigenvalue weighted by molar-refractivity contribution is 8.01. The monoisotopic (exact) mass is 365 g/mol. The first-order valence-electron chi connectivity index (χ1n) is 5.34. The summed E-state index contributed by atoms with van der Waals surface area (Å²) in [6, 6.07) is 4.96. The van der Waals surface area contributed by atoms with E-state index in [9.17, 15) is 4.79 Å². The molecule has 0 bridgehead atoms. The first-order chi connectivity index (χ1) is 9.58. The summed E-state index contributed by atoms with van der Waals surface area (Å²) in [7, 11) is 0. The normalized spacial score (nSPS) is 10.6. The van der Waals surface area contributed by atoms with Crippen molar-refractivity contribution in [1.29, 1.82) is 0 Å². The fraction of sp³-hybridized carbons (Fsp3) is 0.182. The SMILES string of the molecule is CSc1nsc(SCC(=O)Nc2ccc(Cl)c(Cl)c2)n1. The predicted octanol–water partition coefficient (Wildman–Crippen LogP) is 4.30. The maximum absolute atomic E-state index is 11.8. The Labute approximate surface area is 138 Å². The molecular weight excluding hydrogens is 357 g/mol. The van der Waals surface area contributed by atoms with Gasteiger partial charge < -0.3 is 5.32 Å². The van der Waals surface area contributed by atoms with Crippen LogP contribution in [0, 0.1) is 0 Å². The minimum Gasteiger partial charge on any atom is -0.325 e. The summed E-state index contributed by atoms with van der Waals surface area (Å²) >= 11 is 15.8. The number of amides is 1. The maximum atomic E-state index is 11.8. The van der Waals surface area contributed by atoms with Gasteiger partial charge in [-0.05, 0) is 36.0 Å². The van der Waals surface area contributed by atoms with Crippen molar-refractivity contribution < 1.29 is 4.79 Å². The molecule has 0 unspecified atom stereocenters. The van der Waals surface area contributed by atoms with Crippen molar-refractivity contribution in [3.8, 4) is 0 Å². The maximum Gasteiger partial charge on any atom is 0.234 e. The second-order valence-electron chi connectivity index (χ2n) is 3.51. The number of anilines is 1. The molecule has 1 aromatic carbocycles. The van der Waals surface area contributed by atoms with Crippen LogP contribution in [0.15, 0.2) is 27.7 Å². The summed E-state index contributed by atoms with van der Waals surface area (Å²) in [6.45, 7) is 0. The molecule has 0 saturated carbocycles. The summed E-state index contributed by atoms with van der Waals surface area (Å²) in [4.78, 5) is 16.0. The summed E-state index contributed by atoms with van der Waals surface area (Å²) < 4.78 is 4.90. The van der Waals surface area contributed by atoms with Crippen LogP contribution in [0.5, 0.6) is 0 Å². The van der Waals surface area contributed by atoms with Crippen molar-refractivity contribution in [2.75, 3.05) is 17.3 Å². The highest BCUT2D eigenvalue weighted by atomic mass is 35.5. The zero-order valence-electron chi connectivity index (χ0n) is 10.2. The third-order valence-corrected chi connectivity index (χ3v) is 5.34. The molecule has 0 aliphatic rings. The number of carbonyl (C=O) groups is 1. The Morgan fingerprint density at radius 1 is 1.40 bits per heavy atom. The van der Waals surface area contributed by atoms with Gasteiger partial charge in [0.2, 0.25) is 11.1 Å². The lowest BCUT2D eigenvalue weighted by Crippen LogP contribution is -2.13. The Bertz CT molecular complexity index is 621. The number of hydrogen-bond donors (Lipinski definition) is 1. The number of benzene rings is 1. The fourth-order valence-electron chi connectivity index (χ4n) is 1.24. The Morgan fingerprint density at radius 2 is 2.20 bits per heavy atom. The van der Waals surface area contributed by atoms with Crippen molar-refractivity contribution >= 4 is 69.9 Å². The highest BCUT2D eigenvalue weighted by Crippen LogP contribution is 2.26. The molecule has 2 aromatic rings. The molecule has 20 heavy (non-hydrogen) atoms. The van der Waals surface area contributed by atoms with Gasteiger partial charge in [-0.25, -0.2) is 4.98 Å². The van der Waals surface area contributed by atoms with E-state index in [0.717, 1.165) is 9.50 Å². The fourth-order valence-corrected chi connectivity index (χ4v) is 3.54. The van der Waals surface area contributed by atoms with Crippen LogP contribution < -0.4 is 5.32 Å². The Morgan fingerprint density at radius 3 is 2.85 bits per heavy atom. The molecule has 0 aliphatic heterocycles. The van der Waals surface area contributed by atoms with Crippen LogP contribution in [-0.2, 0) is 4.79 Å². The number of nitrogens with one attached hydrogen (secondary N) is 1. The van der Waals surface area contributed by atoms with Gasteiger partial charge in [-0.2, -0.15) is 4.37 Å². The van der Waals surface area contributed by atoms with Gasteiger partial charge in [0.15, 0.2) is 4.34 Å². The molecule has 0 atom stereocenters. The molecule has 0 fully saturated rings. The van der Waals surface area contributed by atoms with E-state index in [-0.39, 0.29) is 11.7 Å². The summed E-state index contributed by atoms with van der Waals surface area (Å²) in [6.07, 6.45) is 1.91. The Hall–Kier alpha value is -0.470. The zero-order valence-corrected chi connectivity index (χ0v) is 14.2. The molecule has 9 heteroatoms. The van der Waals surface area contributed by atoms with Crippen LogP contribution in [0.3, 0.4) is 0 Å². The number of carbonyl (C=O) groups excluding carboxylic acids is 1. The molecule has 1 amide bonds. The Kier molecular flexibility index (Phi) is 5.98. The van der Waals surface area contributed by atoms with Gasteiger partial charge in [-0.15, -0.1) is 0 Å². The van der Waals surface area contributed by atoms with Crippen molar-refractivity contribution in [3.05, 3.63) is 28.2 Å². The smallest absolute Gasteiger partial charge is 0.234 e. The highest BCUT2D eigenvalue weighted by Gasteiger charge is 2.08. The van der Waals surface area contributed by atoms with Gasteiger partial charge in [0.05, 0.1) is 15.8 Å². The van der Waals surface area contributed by atoms with Gasteiger partial charge in [0, 0.05) is 5.69 Å². The minimum absolute atomic E-state index is 0.130. The molecule has 2 rings (SSSR count). The van der Waals surface area contributed by atoms with E-state index in [0.29, 0.717) is 15.7 Å². The van der Waals surface area contributed by atoms with E-state index in [1.165, 1.54) is 35.1 Å². The standard InChI is InChI=1S/C11H9Cl2N3OS3/c1-18-10-15-11(20-16-10)19-5-9(17)14-6-2-3-7(12)8(13)4-6/h2-4H,5H2,1H3,(H,14,17). The van der Waals surface area contributed by atoms with E-state index < -0.39 is 0 Å². The van der Waals surface area contributed by atoms with E-state index >= 15 is 0 Å². The van der Waals surface area contributed by atoms with Crippen molar-refractivity contribution in [2.45, 2.75) is 9.50 Å². The Balaban J connectivity index is 1.87. The quantitative estimate of drug-likeness (QED) is 0.800. The van der Waals surface area contributed by atoms with Crippen molar-refractivity contribution in [2.24, 2.45) is 0 Å². The third kappa shape index (κ3) is 4.53. The van der Waals surface area contributed by atoms with Gasteiger partial charge in [-0.1, -0.05) is 46.7 Å². The molecule has 4 nitrogen and oxygen atoms in total. The van der Waals surface area contributed by atoms with Crippen molar-refractivity contribution in [3.63, 3.8) is 0 Å². The zero-order chi connectivity index (χ0) is 14.5. The lowest BCUT2D eigenvalue weighted by atomic mass is 10.3. The first-order valence-corrected chi connectivity index (χ1v) is 9.08. The number of aromatic nitrogens is 2. The molecule has 0 spiro atoms. The van der Waals surface area contributed by atoms with E-state index in [1.807, 2.05) is 6.26 Å². The van der Waals surface area contributed by atoms with E-state index in [1.54, 1.807) is 18.2 Å². The average molecular weight is 366 g/mol. The number of hydrogen-bond acceptors (Lipinski definition) is 6. The summed E-state index contributed by atoms with van der Waals surface area (Å²) in [5.74, 6) is 0.137. The van der Waals surface area contributed by atoms with E-state index in [4.69, 9.17) is 23.2 Å². The van der Waals surface area contributed by atoms with Crippen LogP contribution in [0.1, 0.15) is 0 Å². The lowest BCUT2D eigenvalue weighted by molar-refractivity contribution is -0.113.